The lowest BCUT2D eigenvalue weighted by molar-refractivity contribution is 0.396. The van der Waals surface area contributed by atoms with Gasteiger partial charge < -0.3 is 10.1 Å². The Morgan fingerprint density at radius 1 is 1.62 bits per heavy atom. The quantitative estimate of drug-likeness (QED) is 0.695. The van der Waals surface area contributed by atoms with Gasteiger partial charge in [0.05, 0.1) is 13.7 Å². The van der Waals surface area contributed by atoms with E-state index in [9.17, 15) is 0 Å². The van der Waals surface area contributed by atoms with E-state index in [-0.39, 0.29) is 0 Å². The van der Waals surface area contributed by atoms with E-state index in [0.717, 1.165) is 0 Å². The average molecular weight is 177 g/mol. The highest BCUT2D eigenvalue weighted by molar-refractivity contribution is 5.39. The van der Waals surface area contributed by atoms with Gasteiger partial charge in [0.25, 0.3) is 0 Å². The van der Waals surface area contributed by atoms with Crippen molar-refractivity contribution in [3.05, 3.63) is 11.9 Å². The Morgan fingerprint density at radius 2 is 2.38 bits per heavy atom. The van der Waals surface area contributed by atoms with E-state index in [0.29, 0.717) is 24.1 Å². The van der Waals surface area contributed by atoms with Gasteiger partial charge in [0.1, 0.15) is 11.6 Å². The van der Waals surface area contributed by atoms with Crippen LogP contribution in [0.25, 0.3) is 0 Å². The predicted molar refractivity (Wildman–Crippen MR) is 50.6 cm³/mol. The molecule has 0 saturated carbocycles. The fraction of sp³-hybridized carbons (Fsp3) is 0.333. The Morgan fingerprint density at radius 3 is 3.00 bits per heavy atom. The van der Waals surface area contributed by atoms with Crippen LogP contribution < -0.4 is 10.1 Å². The molecule has 0 atom stereocenters. The van der Waals surface area contributed by atoms with Gasteiger partial charge in [-0.15, -0.1) is 6.42 Å². The number of rotatable bonds is 3. The van der Waals surface area contributed by atoms with E-state index < -0.39 is 0 Å². The predicted octanol–water partition coefficient (Wildman–Crippen LogP) is 0.839. The van der Waals surface area contributed by atoms with Crippen molar-refractivity contribution in [2.75, 3.05) is 19.0 Å². The van der Waals surface area contributed by atoms with E-state index >= 15 is 0 Å². The van der Waals surface area contributed by atoms with Crippen LogP contribution in [0.3, 0.4) is 0 Å². The van der Waals surface area contributed by atoms with E-state index in [4.69, 9.17) is 11.2 Å². The van der Waals surface area contributed by atoms with Crippen LogP contribution in [-0.2, 0) is 0 Å². The molecule has 0 aliphatic heterocycles. The number of aryl methyl sites for hydroxylation is 1. The number of terminal acetylenes is 1. The molecule has 0 fully saturated rings. The summed E-state index contributed by atoms with van der Waals surface area (Å²) in [6.45, 7) is 2.24. The lowest BCUT2D eigenvalue weighted by atomic mass is 10.5. The monoisotopic (exact) mass is 177 g/mol. The van der Waals surface area contributed by atoms with Gasteiger partial charge in [-0.2, -0.15) is 4.98 Å². The van der Waals surface area contributed by atoms with E-state index in [1.807, 2.05) is 0 Å². The van der Waals surface area contributed by atoms with Crippen molar-refractivity contribution >= 4 is 5.82 Å². The molecule has 0 aliphatic rings. The van der Waals surface area contributed by atoms with E-state index in [2.05, 4.69) is 21.2 Å². The van der Waals surface area contributed by atoms with Gasteiger partial charge in [-0.3, -0.25) is 0 Å². The highest BCUT2D eigenvalue weighted by Gasteiger charge is 1.99. The number of anilines is 1. The zero-order valence-corrected chi connectivity index (χ0v) is 7.66. The molecule has 13 heavy (non-hydrogen) atoms. The lowest BCUT2D eigenvalue weighted by Gasteiger charge is -2.04. The summed E-state index contributed by atoms with van der Waals surface area (Å²) in [6, 6.07) is 1.70. The first-order chi connectivity index (χ1) is 6.26. The standard InChI is InChI=1S/C9H11N3O/c1-4-5-10-8-6-9(13-3)12-7(2)11-8/h1,6H,5H2,2-3H3,(H,10,11,12). The topological polar surface area (TPSA) is 47.0 Å². The molecule has 0 unspecified atom stereocenters. The van der Waals surface area contributed by atoms with Crippen LogP contribution in [-0.4, -0.2) is 23.6 Å². The van der Waals surface area contributed by atoms with Gasteiger partial charge in [-0.25, -0.2) is 4.98 Å². The Kier molecular flexibility index (Phi) is 3.09. The third-order valence-corrected chi connectivity index (χ3v) is 1.40. The highest BCUT2D eigenvalue weighted by atomic mass is 16.5. The maximum Gasteiger partial charge on any atom is 0.218 e. The first-order valence-corrected chi connectivity index (χ1v) is 3.83. The Hall–Kier alpha value is -1.76. The highest BCUT2D eigenvalue weighted by Crippen LogP contribution is 2.11. The minimum atomic E-state index is 0.444. The number of nitrogens with one attached hydrogen (secondary N) is 1. The molecule has 0 radical (unpaired) electrons. The molecule has 68 valence electrons. The Balaban J connectivity index is 2.83. The van der Waals surface area contributed by atoms with Crippen LogP contribution in [0.15, 0.2) is 6.07 Å². The van der Waals surface area contributed by atoms with Gasteiger partial charge in [-0.1, -0.05) is 5.92 Å². The van der Waals surface area contributed by atoms with Gasteiger partial charge in [0.15, 0.2) is 0 Å². The zero-order chi connectivity index (χ0) is 9.68. The van der Waals surface area contributed by atoms with Crippen LogP contribution in [0.5, 0.6) is 5.88 Å². The second-order valence-electron chi connectivity index (χ2n) is 2.40. The minimum Gasteiger partial charge on any atom is -0.481 e. The SMILES string of the molecule is C#CCNc1cc(OC)nc(C)n1. The maximum atomic E-state index is 5.10. The normalized spacial score (nSPS) is 9.00. The third-order valence-electron chi connectivity index (χ3n) is 1.40. The summed E-state index contributed by atoms with van der Waals surface area (Å²) in [5.41, 5.74) is 0. The molecule has 4 nitrogen and oxygen atoms in total. The van der Waals surface area contributed by atoms with E-state index in [1.54, 1.807) is 20.1 Å². The van der Waals surface area contributed by atoms with Crippen LogP contribution in [0, 0.1) is 19.3 Å². The molecule has 0 aromatic carbocycles. The van der Waals surface area contributed by atoms with E-state index in [1.165, 1.54) is 0 Å². The first-order valence-electron chi connectivity index (χ1n) is 3.83. The van der Waals surface area contributed by atoms with Crippen molar-refractivity contribution in [1.29, 1.82) is 0 Å². The second-order valence-corrected chi connectivity index (χ2v) is 2.40. The number of aromatic nitrogens is 2. The van der Waals surface area contributed by atoms with Crippen LogP contribution >= 0.6 is 0 Å². The van der Waals surface area contributed by atoms with Gasteiger partial charge in [0, 0.05) is 6.07 Å². The summed E-state index contributed by atoms with van der Waals surface area (Å²) in [5.74, 6) is 4.33. The van der Waals surface area contributed by atoms with Crippen molar-refractivity contribution < 1.29 is 4.74 Å². The summed E-state index contributed by atoms with van der Waals surface area (Å²) in [6.07, 6.45) is 5.10. The molecular weight excluding hydrogens is 166 g/mol. The summed E-state index contributed by atoms with van der Waals surface area (Å²) >= 11 is 0. The van der Waals surface area contributed by atoms with Crippen LogP contribution in [0.4, 0.5) is 5.82 Å². The molecule has 1 aromatic rings. The Bertz CT molecular complexity index is 330. The molecule has 0 spiro atoms. The minimum absolute atomic E-state index is 0.444. The van der Waals surface area contributed by atoms with Crippen molar-refractivity contribution in [3.63, 3.8) is 0 Å². The number of methoxy groups -OCH3 is 1. The number of hydrogen-bond donors (Lipinski definition) is 1. The molecule has 1 rings (SSSR count). The first kappa shape index (κ1) is 9.33. The van der Waals surface area contributed by atoms with Gasteiger partial charge >= 0.3 is 0 Å². The van der Waals surface area contributed by atoms with Crippen LogP contribution in [0.2, 0.25) is 0 Å². The molecular formula is C9H11N3O. The third kappa shape index (κ3) is 2.64. The van der Waals surface area contributed by atoms with Crippen LogP contribution in [0.1, 0.15) is 5.82 Å². The lowest BCUT2D eigenvalue weighted by Crippen LogP contribution is -2.03. The zero-order valence-electron chi connectivity index (χ0n) is 7.66. The number of hydrogen-bond acceptors (Lipinski definition) is 4. The Labute approximate surface area is 77.4 Å². The molecule has 0 saturated heterocycles. The second kappa shape index (κ2) is 4.31. The molecule has 0 amide bonds. The fourth-order valence-electron chi connectivity index (χ4n) is 0.877. The van der Waals surface area contributed by atoms with Gasteiger partial charge in [-0.05, 0) is 6.92 Å². The summed E-state index contributed by atoms with van der Waals surface area (Å²) in [5, 5.41) is 2.94. The van der Waals surface area contributed by atoms with Crippen molar-refractivity contribution in [2.45, 2.75) is 6.92 Å². The maximum absolute atomic E-state index is 5.10. The molecule has 1 aromatic heterocycles. The number of nitrogens with zero attached hydrogens (tertiary/aromatic N) is 2. The molecule has 0 aliphatic carbocycles. The van der Waals surface area contributed by atoms with Crippen molar-refractivity contribution in [3.8, 4) is 18.2 Å². The molecule has 1 heterocycles. The summed E-state index contributed by atoms with van der Waals surface area (Å²) < 4.78 is 4.97. The summed E-state index contributed by atoms with van der Waals surface area (Å²) in [4.78, 5) is 8.16. The summed E-state index contributed by atoms with van der Waals surface area (Å²) in [7, 11) is 1.56. The smallest absolute Gasteiger partial charge is 0.218 e. The largest absolute Gasteiger partial charge is 0.481 e. The van der Waals surface area contributed by atoms with Crippen molar-refractivity contribution in [2.24, 2.45) is 0 Å². The van der Waals surface area contributed by atoms with Gasteiger partial charge in [0.2, 0.25) is 5.88 Å². The number of ether oxygens (including phenoxy) is 1. The fourth-order valence-corrected chi connectivity index (χ4v) is 0.877. The molecule has 0 bridgehead atoms. The molecule has 1 N–H and O–H groups in total. The molecule has 4 heteroatoms. The van der Waals surface area contributed by atoms with Crippen molar-refractivity contribution in [1.82, 2.24) is 9.97 Å². The average Bonchev–Trinajstić information content (AvgIpc) is 2.14.